The van der Waals surface area contributed by atoms with Crippen LogP contribution in [0.1, 0.15) is 25.3 Å². The second-order valence-corrected chi connectivity index (χ2v) is 7.85. The minimum absolute atomic E-state index is 0.462. The van der Waals surface area contributed by atoms with Gasteiger partial charge in [-0.1, -0.05) is 30.3 Å². The molecule has 1 heterocycles. The number of hydrogen-bond acceptors (Lipinski definition) is 4. The van der Waals surface area contributed by atoms with Gasteiger partial charge in [-0.15, -0.1) is 0 Å². The van der Waals surface area contributed by atoms with Crippen LogP contribution in [0.25, 0.3) is 0 Å². The van der Waals surface area contributed by atoms with E-state index in [4.69, 9.17) is 0 Å². The normalized spacial score (nSPS) is 16.7. The maximum atomic E-state index is 12.3. The highest BCUT2D eigenvalue weighted by molar-refractivity contribution is 7.92. The van der Waals surface area contributed by atoms with E-state index in [0.717, 1.165) is 30.9 Å². The van der Waals surface area contributed by atoms with Crippen LogP contribution in [0.4, 0.5) is 4.79 Å². The molecule has 0 saturated carbocycles. The van der Waals surface area contributed by atoms with E-state index in [2.05, 4.69) is 17.4 Å². The fourth-order valence-corrected chi connectivity index (χ4v) is 3.92. The molecule has 0 unspecified atom stereocenters. The lowest BCUT2D eigenvalue weighted by atomic mass is 9.91. The largest absolute Gasteiger partial charge is 0.325 e. The molecule has 0 atom stereocenters. The van der Waals surface area contributed by atoms with Crippen molar-refractivity contribution < 1.29 is 18.0 Å². The number of hydrogen-bond donors (Lipinski definition) is 2. The smallest absolute Gasteiger partial charge is 0.314 e. The van der Waals surface area contributed by atoms with E-state index in [1.54, 1.807) is 0 Å². The summed E-state index contributed by atoms with van der Waals surface area (Å²) in [6, 6.07) is 9.41. The molecule has 1 saturated heterocycles. The van der Waals surface area contributed by atoms with Crippen LogP contribution in [0.15, 0.2) is 41.9 Å². The number of carbonyl (C=O) groups excluding carboxylic acids is 2. The van der Waals surface area contributed by atoms with E-state index in [0.29, 0.717) is 19.0 Å². The SMILES string of the molecule is CC(=O)NC(=O)N/C=C/S(=O)(=O)N1CCC(Cc2ccccc2)CC1. The summed E-state index contributed by atoms with van der Waals surface area (Å²) < 4.78 is 25.9. The Bertz CT molecular complexity index is 724. The van der Waals surface area contributed by atoms with Crippen molar-refractivity contribution in [2.24, 2.45) is 5.92 Å². The molecule has 0 spiro atoms. The summed E-state index contributed by atoms with van der Waals surface area (Å²) in [5, 5.41) is 5.13. The molecule has 7 nitrogen and oxygen atoms in total. The molecular formula is C17H23N3O4S. The zero-order chi connectivity index (χ0) is 18.3. The first-order valence-corrected chi connectivity index (χ1v) is 9.66. The lowest BCUT2D eigenvalue weighted by Gasteiger charge is -2.30. The van der Waals surface area contributed by atoms with Crippen LogP contribution in [-0.2, 0) is 21.2 Å². The molecule has 25 heavy (non-hydrogen) atoms. The zero-order valence-corrected chi connectivity index (χ0v) is 15.0. The molecule has 0 aliphatic carbocycles. The van der Waals surface area contributed by atoms with Crippen molar-refractivity contribution in [3.8, 4) is 0 Å². The molecule has 1 aliphatic heterocycles. The van der Waals surface area contributed by atoms with Crippen molar-refractivity contribution in [2.75, 3.05) is 13.1 Å². The van der Waals surface area contributed by atoms with Crippen molar-refractivity contribution in [2.45, 2.75) is 26.2 Å². The number of sulfonamides is 1. The number of nitrogens with one attached hydrogen (secondary N) is 2. The molecule has 2 rings (SSSR count). The summed E-state index contributed by atoms with van der Waals surface area (Å²) in [5.74, 6) is -0.0495. The zero-order valence-electron chi connectivity index (χ0n) is 14.1. The molecule has 1 aromatic carbocycles. The van der Waals surface area contributed by atoms with E-state index in [1.807, 2.05) is 23.5 Å². The highest BCUT2D eigenvalue weighted by atomic mass is 32.2. The molecule has 0 bridgehead atoms. The van der Waals surface area contributed by atoms with Gasteiger partial charge in [-0.3, -0.25) is 10.1 Å². The predicted molar refractivity (Wildman–Crippen MR) is 94.9 cm³/mol. The number of benzene rings is 1. The van der Waals surface area contributed by atoms with Crippen LogP contribution in [0.3, 0.4) is 0 Å². The summed E-state index contributed by atoms with van der Waals surface area (Å²) in [6.07, 6.45) is 3.60. The third-order valence-electron chi connectivity index (χ3n) is 4.04. The average molecular weight is 365 g/mol. The molecule has 2 N–H and O–H groups in total. The quantitative estimate of drug-likeness (QED) is 0.828. The minimum atomic E-state index is -3.58. The Morgan fingerprint density at radius 1 is 1.20 bits per heavy atom. The first-order chi connectivity index (χ1) is 11.9. The topological polar surface area (TPSA) is 95.6 Å². The van der Waals surface area contributed by atoms with Gasteiger partial charge in [0.15, 0.2) is 0 Å². The Balaban J connectivity index is 1.82. The van der Waals surface area contributed by atoms with Gasteiger partial charge in [-0.25, -0.2) is 13.2 Å². The van der Waals surface area contributed by atoms with E-state index >= 15 is 0 Å². The first kappa shape index (κ1) is 19.1. The minimum Gasteiger partial charge on any atom is -0.314 e. The second kappa shape index (κ2) is 8.77. The number of nitrogens with zero attached hydrogens (tertiary/aromatic N) is 1. The second-order valence-electron chi connectivity index (χ2n) is 6.03. The Morgan fingerprint density at radius 2 is 1.84 bits per heavy atom. The van der Waals surface area contributed by atoms with Gasteiger partial charge in [0.25, 0.3) is 0 Å². The van der Waals surface area contributed by atoms with Crippen molar-refractivity contribution in [3.05, 3.63) is 47.5 Å². The van der Waals surface area contributed by atoms with Crippen LogP contribution in [0.2, 0.25) is 0 Å². The maximum Gasteiger partial charge on any atom is 0.325 e. The Labute approximate surface area is 148 Å². The van der Waals surface area contributed by atoms with Gasteiger partial charge in [-0.05, 0) is 30.7 Å². The lowest BCUT2D eigenvalue weighted by molar-refractivity contribution is -0.117. The van der Waals surface area contributed by atoms with E-state index in [-0.39, 0.29) is 0 Å². The average Bonchev–Trinajstić information content (AvgIpc) is 2.55. The first-order valence-electron chi connectivity index (χ1n) is 8.15. The van der Waals surface area contributed by atoms with Crippen LogP contribution in [0, 0.1) is 5.92 Å². The maximum absolute atomic E-state index is 12.3. The molecule has 1 fully saturated rings. The van der Waals surface area contributed by atoms with Crippen LogP contribution in [0.5, 0.6) is 0 Å². The van der Waals surface area contributed by atoms with Crippen LogP contribution >= 0.6 is 0 Å². The fraction of sp³-hybridized carbons (Fsp3) is 0.412. The Hall–Kier alpha value is -2.19. The Kier molecular flexibility index (Phi) is 6.72. The number of rotatable bonds is 5. The van der Waals surface area contributed by atoms with Gasteiger partial charge in [0.05, 0.1) is 5.41 Å². The number of imide groups is 1. The highest BCUT2D eigenvalue weighted by Gasteiger charge is 2.26. The number of carbonyl (C=O) groups is 2. The van der Waals surface area contributed by atoms with Crippen molar-refractivity contribution in [3.63, 3.8) is 0 Å². The number of urea groups is 1. The number of amides is 3. The third kappa shape index (κ3) is 6.32. The summed E-state index contributed by atoms with van der Waals surface area (Å²) in [6.45, 7) is 2.12. The lowest BCUT2D eigenvalue weighted by Crippen LogP contribution is -2.38. The Morgan fingerprint density at radius 3 is 2.44 bits per heavy atom. The molecule has 8 heteroatoms. The van der Waals surface area contributed by atoms with E-state index < -0.39 is 22.0 Å². The summed E-state index contributed by atoms with van der Waals surface area (Å²) in [7, 11) is -3.58. The molecule has 0 radical (unpaired) electrons. The fourth-order valence-electron chi connectivity index (χ4n) is 2.79. The van der Waals surface area contributed by atoms with E-state index in [1.165, 1.54) is 16.8 Å². The van der Waals surface area contributed by atoms with Crippen LogP contribution < -0.4 is 10.6 Å². The van der Waals surface area contributed by atoms with Gasteiger partial charge in [0, 0.05) is 26.2 Å². The predicted octanol–water partition coefficient (Wildman–Crippen LogP) is 1.59. The summed E-state index contributed by atoms with van der Waals surface area (Å²) in [4.78, 5) is 21.9. The van der Waals surface area contributed by atoms with Gasteiger partial charge < -0.3 is 5.32 Å². The molecule has 1 aliphatic rings. The van der Waals surface area contributed by atoms with Crippen molar-refractivity contribution in [1.82, 2.24) is 14.9 Å². The molecular weight excluding hydrogens is 342 g/mol. The summed E-state index contributed by atoms with van der Waals surface area (Å²) in [5.41, 5.74) is 1.27. The molecule has 136 valence electrons. The molecule has 0 aromatic heterocycles. The van der Waals surface area contributed by atoms with Crippen molar-refractivity contribution in [1.29, 1.82) is 0 Å². The van der Waals surface area contributed by atoms with Gasteiger partial charge in [-0.2, -0.15) is 4.31 Å². The summed E-state index contributed by atoms with van der Waals surface area (Å²) >= 11 is 0. The van der Waals surface area contributed by atoms with E-state index in [9.17, 15) is 18.0 Å². The van der Waals surface area contributed by atoms with Crippen molar-refractivity contribution >= 4 is 22.0 Å². The standard InChI is InChI=1S/C17H23N3O4S/c1-14(21)19-17(22)18-9-12-25(23,24)20-10-7-16(8-11-20)13-15-5-3-2-4-6-15/h2-6,9,12,16H,7-8,10-11,13H2,1H3,(H2,18,19,21,22)/b12-9+. The van der Waals surface area contributed by atoms with Gasteiger partial charge >= 0.3 is 6.03 Å². The third-order valence-corrected chi connectivity index (χ3v) is 5.61. The van der Waals surface area contributed by atoms with Gasteiger partial charge in [0.1, 0.15) is 0 Å². The van der Waals surface area contributed by atoms with Gasteiger partial charge in [0.2, 0.25) is 15.9 Å². The number of piperidine rings is 1. The highest BCUT2D eigenvalue weighted by Crippen LogP contribution is 2.23. The van der Waals surface area contributed by atoms with Crippen LogP contribution in [-0.4, -0.2) is 37.8 Å². The molecule has 1 aromatic rings. The monoisotopic (exact) mass is 365 g/mol. The molecule has 3 amide bonds.